The van der Waals surface area contributed by atoms with Gasteiger partial charge in [0.2, 0.25) is 0 Å². The van der Waals surface area contributed by atoms with Crippen LogP contribution in [0.25, 0.3) is 0 Å². The van der Waals surface area contributed by atoms with Gasteiger partial charge in [0, 0.05) is 0 Å². The lowest BCUT2D eigenvalue weighted by molar-refractivity contribution is 0.104. The third-order valence-electron chi connectivity index (χ3n) is 3.97. The van der Waals surface area contributed by atoms with Gasteiger partial charge in [-0.15, -0.1) is 0 Å². The topological polar surface area (TPSA) is 26.0 Å². The zero-order valence-corrected chi connectivity index (χ0v) is 9.69. The monoisotopic (exact) mass is 183 g/mol. The van der Waals surface area contributed by atoms with Gasteiger partial charge in [-0.3, -0.25) is 0 Å². The van der Waals surface area contributed by atoms with Crippen molar-refractivity contribution < 1.29 is 0 Å². The highest BCUT2D eigenvalue weighted by molar-refractivity contribution is 4.86. The second kappa shape index (κ2) is 3.61. The molecular formula is C12H25N. The molecule has 78 valence electrons. The summed E-state index contributed by atoms with van der Waals surface area (Å²) in [6, 6.07) is 0. The van der Waals surface area contributed by atoms with Crippen LogP contribution in [0.2, 0.25) is 0 Å². The SMILES string of the molecule is CC1(C)CCC(C(C)(C)CN)CC1. The molecule has 0 atom stereocenters. The molecule has 1 nitrogen and oxygen atoms in total. The summed E-state index contributed by atoms with van der Waals surface area (Å²) in [7, 11) is 0. The van der Waals surface area contributed by atoms with Crippen LogP contribution in [0.3, 0.4) is 0 Å². The van der Waals surface area contributed by atoms with E-state index in [1.165, 1.54) is 25.7 Å². The molecule has 0 spiro atoms. The maximum atomic E-state index is 5.80. The van der Waals surface area contributed by atoms with Crippen molar-refractivity contribution in [2.75, 3.05) is 6.54 Å². The fourth-order valence-corrected chi connectivity index (χ4v) is 2.35. The molecule has 1 heteroatoms. The first-order chi connectivity index (χ1) is 5.87. The van der Waals surface area contributed by atoms with Gasteiger partial charge in [0.1, 0.15) is 0 Å². The normalized spacial score (nSPS) is 24.7. The van der Waals surface area contributed by atoms with Gasteiger partial charge in [0.15, 0.2) is 0 Å². The Hall–Kier alpha value is -0.0400. The molecule has 1 aliphatic carbocycles. The third kappa shape index (κ3) is 2.70. The Balaban J connectivity index is 2.50. The molecule has 1 aliphatic rings. The Morgan fingerprint density at radius 3 is 2.08 bits per heavy atom. The summed E-state index contributed by atoms with van der Waals surface area (Å²) < 4.78 is 0. The summed E-state index contributed by atoms with van der Waals surface area (Å²) >= 11 is 0. The molecule has 0 amide bonds. The third-order valence-corrected chi connectivity index (χ3v) is 3.97. The Kier molecular flexibility index (Phi) is 3.06. The van der Waals surface area contributed by atoms with E-state index in [1.807, 2.05) is 0 Å². The molecule has 1 saturated carbocycles. The van der Waals surface area contributed by atoms with Crippen LogP contribution in [-0.4, -0.2) is 6.54 Å². The van der Waals surface area contributed by atoms with E-state index in [4.69, 9.17) is 5.73 Å². The quantitative estimate of drug-likeness (QED) is 0.699. The zero-order chi connectivity index (χ0) is 10.1. The second-order valence-electron chi connectivity index (χ2n) is 6.13. The van der Waals surface area contributed by atoms with Gasteiger partial charge in [0.05, 0.1) is 0 Å². The molecule has 0 unspecified atom stereocenters. The number of hydrogen-bond acceptors (Lipinski definition) is 1. The van der Waals surface area contributed by atoms with E-state index in [9.17, 15) is 0 Å². The molecule has 0 aromatic heterocycles. The summed E-state index contributed by atoms with van der Waals surface area (Å²) in [4.78, 5) is 0. The van der Waals surface area contributed by atoms with Crippen molar-refractivity contribution in [3.63, 3.8) is 0 Å². The molecule has 0 radical (unpaired) electrons. The van der Waals surface area contributed by atoms with E-state index in [2.05, 4.69) is 27.7 Å². The van der Waals surface area contributed by atoms with E-state index in [0.29, 0.717) is 10.8 Å². The van der Waals surface area contributed by atoms with Crippen molar-refractivity contribution in [1.29, 1.82) is 0 Å². The maximum Gasteiger partial charge on any atom is -0.00232 e. The molecule has 1 rings (SSSR count). The first-order valence-electron chi connectivity index (χ1n) is 5.57. The highest BCUT2D eigenvalue weighted by Gasteiger charge is 2.34. The van der Waals surface area contributed by atoms with Crippen LogP contribution in [-0.2, 0) is 0 Å². The van der Waals surface area contributed by atoms with Gasteiger partial charge in [-0.05, 0) is 49.0 Å². The van der Waals surface area contributed by atoms with Crippen LogP contribution in [0, 0.1) is 16.7 Å². The van der Waals surface area contributed by atoms with Gasteiger partial charge < -0.3 is 5.73 Å². The summed E-state index contributed by atoms with van der Waals surface area (Å²) in [6.45, 7) is 10.2. The average molecular weight is 183 g/mol. The van der Waals surface area contributed by atoms with Gasteiger partial charge in [-0.2, -0.15) is 0 Å². The maximum absolute atomic E-state index is 5.80. The minimum atomic E-state index is 0.358. The zero-order valence-electron chi connectivity index (χ0n) is 9.69. The molecule has 2 N–H and O–H groups in total. The number of hydrogen-bond donors (Lipinski definition) is 1. The van der Waals surface area contributed by atoms with Crippen LogP contribution in [0.15, 0.2) is 0 Å². The highest BCUT2D eigenvalue weighted by atomic mass is 14.6. The van der Waals surface area contributed by atoms with Crippen LogP contribution < -0.4 is 5.73 Å². The predicted octanol–water partition coefficient (Wildman–Crippen LogP) is 3.19. The molecule has 1 fully saturated rings. The summed E-state index contributed by atoms with van der Waals surface area (Å²) in [5, 5.41) is 0. The molecule has 13 heavy (non-hydrogen) atoms. The van der Waals surface area contributed by atoms with Crippen molar-refractivity contribution >= 4 is 0 Å². The Morgan fingerprint density at radius 2 is 1.69 bits per heavy atom. The van der Waals surface area contributed by atoms with Gasteiger partial charge in [-0.1, -0.05) is 27.7 Å². The van der Waals surface area contributed by atoms with Crippen LogP contribution in [0.1, 0.15) is 53.4 Å². The van der Waals surface area contributed by atoms with E-state index < -0.39 is 0 Å². The number of nitrogens with two attached hydrogens (primary N) is 1. The first kappa shape index (κ1) is 11.0. The lowest BCUT2D eigenvalue weighted by Gasteiger charge is -2.41. The fraction of sp³-hybridized carbons (Fsp3) is 1.00. The molecule has 0 saturated heterocycles. The minimum absolute atomic E-state index is 0.358. The van der Waals surface area contributed by atoms with Crippen LogP contribution in [0.4, 0.5) is 0 Å². The molecular weight excluding hydrogens is 158 g/mol. The van der Waals surface area contributed by atoms with E-state index in [-0.39, 0.29) is 0 Å². The Labute approximate surface area is 83.1 Å². The summed E-state index contributed by atoms with van der Waals surface area (Å²) in [6.07, 6.45) is 5.50. The van der Waals surface area contributed by atoms with Crippen molar-refractivity contribution in [3.8, 4) is 0 Å². The van der Waals surface area contributed by atoms with Crippen LogP contribution >= 0.6 is 0 Å². The molecule has 0 bridgehead atoms. The smallest absolute Gasteiger partial charge is 0.00232 e. The lowest BCUT2D eigenvalue weighted by Crippen LogP contribution is -2.36. The standard InChI is InChI=1S/C12H25N/c1-11(2)7-5-10(6-8-11)12(3,4)9-13/h10H,5-9,13H2,1-4H3. The summed E-state index contributed by atoms with van der Waals surface area (Å²) in [5.41, 5.74) is 6.75. The Morgan fingerprint density at radius 1 is 1.23 bits per heavy atom. The number of rotatable bonds is 2. The first-order valence-corrected chi connectivity index (χ1v) is 5.57. The van der Waals surface area contributed by atoms with Crippen LogP contribution in [0.5, 0.6) is 0 Å². The minimum Gasteiger partial charge on any atom is -0.330 e. The van der Waals surface area contributed by atoms with Crippen molar-refractivity contribution in [2.45, 2.75) is 53.4 Å². The Bertz CT molecular complexity index is 160. The van der Waals surface area contributed by atoms with Gasteiger partial charge >= 0.3 is 0 Å². The predicted molar refractivity (Wildman–Crippen MR) is 58.6 cm³/mol. The van der Waals surface area contributed by atoms with E-state index >= 15 is 0 Å². The second-order valence-corrected chi connectivity index (χ2v) is 6.13. The van der Waals surface area contributed by atoms with Crippen molar-refractivity contribution in [3.05, 3.63) is 0 Å². The lowest BCUT2D eigenvalue weighted by atomic mass is 9.65. The van der Waals surface area contributed by atoms with E-state index in [1.54, 1.807) is 0 Å². The molecule has 0 heterocycles. The fourth-order valence-electron chi connectivity index (χ4n) is 2.35. The van der Waals surface area contributed by atoms with Gasteiger partial charge in [-0.25, -0.2) is 0 Å². The van der Waals surface area contributed by atoms with E-state index in [0.717, 1.165) is 12.5 Å². The largest absolute Gasteiger partial charge is 0.330 e. The van der Waals surface area contributed by atoms with Crippen molar-refractivity contribution in [2.24, 2.45) is 22.5 Å². The average Bonchev–Trinajstić information content (AvgIpc) is 2.04. The highest BCUT2D eigenvalue weighted by Crippen LogP contribution is 2.44. The molecule has 0 aromatic carbocycles. The van der Waals surface area contributed by atoms with Crippen molar-refractivity contribution in [1.82, 2.24) is 0 Å². The summed E-state index contributed by atoms with van der Waals surface area (Å²) in [5.74, 6) is 0.852. The molecule has 0 aliphatic heterocycles. The van der Waals surface area contributed by atoms with Gasteiger partial charge in [0.25, 0.3) is 0 Å². The molecule has 0 aromatic rings.